The Bertz CT molecular complexity index is 1210. The molecule has 9 nitrogen and oxygen atoms in total. The van der Waals surface area contributed by atoms with E-state index in [2.05, 4.69) is 22.3 Å². The number of carbonyl (C=O) groups is 1. The van der Waals surface area contributed by atoms with Gasteiger partial charge in [-0.3, -0.25) is 25.0 Å². The van der Waals surface area contributed by atoms with Gasteiger partial charge in [-0.25, -0.2) is 0 Å². The number of anilines is 1. The average molecular weight is 495 g/mol. The number of halogens is 1. The van der Waals surface area contributed by atoms with E-state index in [0.717, 1.165) is 60.4 Å². The molecule has 0 bridgehead atoms. The minimum absolute atomic E-state index is 0.133. The highest BCUT2D eigenvalue weighted by Crippen LogP contribution is 2.31. The first-order valence-corrected chi connectivity index (χ1v) is 11.5. The van der Waals surface area contributed by atoms with Gasteiger partial charge in [-0.15, -0.1) is 0 Å². The maximum atomic E-state index is 12.5. The van der Waals surface area contributed by atoms with Gasteiger partial charge in [0.1, 0.15) is 0 Å². The monoisotopic (exact) mass is 494 g/mol. The van der Waals surface area contributed by atoms with Crippen LogP contribution in [-0.4, -0.2) is 28.8 Å². The molecule has 180 valence electrons. The summed E-state index contributed by atoms with van der Waals surface area (Å²) in [6, 6.07) is 18.8. The zero-order valence-electron chi connectivity index (χ0n) is 18.7. The SMILES string of the molecule is O=C(NCc1ccc(N2CCC(c3ccc(Cl)cc3)CC2)cc1)c1cc([N+](=O)[O-])cc([N+](=O)[O-])c1. The van der Waals surface area contributed by atoms with E-state index in [4.69, 9.17) is 11.6 Å². The summed E-state index contributed by atoms with van der Waals surface area (Å²) in [5.74, 6) is -0.104. The van der Waals surface area contributed by atoms with Crippen molar-refractivity contribution in [3.63, 3.8) is 0 Å². The maximum Gasteiger partial charge on any atom is 0.277 e. The highest BCUT2D eigenvalue weighted by Gasteiger charge is 2.22. The van der Waals surface area contributed by atoms with Gasteiger partial charge in [0.25, 0.3) is 17.3 Å². The predicted octanol–water partition coefficient (Wildman–Crippen LogP) is 5.47. The van der Waals surface area contributed by atoms with Gasteiger partial charge in [0.05, 0.1) is 21.5 Å². The first-order valence-electron chi connectivity index (χ1n) is 11.1. The Hall–Kier alpha value is -3.98. The third-order valence-electron chi connectivity index (χ3n) is 6.18. The Kier molecular flexibility index (Phi) is 7.26. The van der Waals surface area contributed by atoms with E-state index in [1.54, 1.807) is 0 Å². The second kappa shape index (κ2) is 10.5. The fourth-order valence-corrected chi connectivity index (χ4v) is 4.38. The van der Waals surface area contributed by atoms with Crippen LogP contribution < -0.4 is 10.2 Å². The molecule has 0 atom stereocenters. The lowest BCUT2D eigenvalue weighted by Gasteiger charge is -2.34. The minimum Gasteiger partial charge on any atom is -0.371 e. The predicted molar refractivity (Wildman–Crippen MR) is 133 cm³/mol. The molecule has 3 aromatic carbocycles. The van der Waals surface area contributed by atoms with Crippen molar-refractivity contribution in [1.82, 2.24) is 5.32 Å². The van der Waals surface area contributed by atoms with Crippen LogP contribution in [0.1, 0.15) is 40.2 Å². The zero-order valence-corrected chi connectivity index (χ0v) is 19.5. The second-order valence-corrected chi connectivity index (χ2v) is 8.85. The number of amides is 1. The van der Waals surface area contributed by atoms with Crippen LogP contribution >= 0.6 is 11.6 Å². The Morgan fingerprint density at radius 2 is 1.49 bits per heavy atom. The molecule has 0 saturated carbocycles. The van der Waals surface area contributed by atoms with Crippen LogP contribution in [0, 0.1) is 20.2 Å². The molecule has 1 amide bonds. The number of hydrogen-bond donors (Lipinski definition) is 1. The van der Waals surface area contributed by atoms with Crippen molar-refractivity contribution in [2.75, 3.05) is 18.0 Å². The number of carbonyl (C=O) groups excluding carboxylic acids is 1. The normalized spacial score (nSPS) is 13.9. The van der Waals surface area contributed by atoms with Crippen molar-refractivity contribution < 1.29 is 14.6 Å². The van der Waals surface area contributed by atoms with Crippen LogP contribution in [-0.2, 0) is 6.54 Å². The molecule has 0 aromatic heterocycles. The largest absolute Gasteiger partial charge is 0.371 e. The number of non-ortho nitro benzene ring substituents is 2. The number of hydrogen-bond acceptors (Lipinski definition) is 6. The summed E-state index contributed by atoms with van der Waals surface area (Å²) < 4.78 is 0. The van der Waals surface area contributed by atoms with Gasteiger partial charge in [0.15, 0.2) is 0 Å². The third-order valence-corrected chi connectivity index (χ3v) is 6.43. The van der Waals surface area contributed by atoms with E-state index in [9.17, 15) is 25.0 Å². The number of nitrogens with one attached hydrogen (secondary N) is 1. The highest BCUT2D eigenvalue weighted by molar-refractivity contribution is 6.30. The van der Waals surface area contributed by atoms with E-state index in [1.807, 2.05) is 36.4 Å². The Balaban J connectivity index is 1.34. The zero-order chi connectivity index (χ0) is 24.9. The number of nitro groups is 2. The molecule has 0 unspecified atom stereocenters. The molecule has 0 aliphatic carbocycles. The number of benzene rings is 3. The van der Waals surface area contributed by atoms with Crippen molar-refractivity contribution in [2.45, 2.75) is 25.3 Å². The molecule has 1 saturated heterocycles. The summed E-state index contributed by atoms with van der Waals surface area (Å²) in [6.07, 6.45) is 2.10. The summed E-state index contributed by atoms with van der Waals surface area (Å²) in [7, 11) is 0. The lowest BCUT2D eigenvalue weighted by Crippen LogP contribution is -2.32. The standard InChI is InChI=1S/C25H23ClN4O5/c26-21-5-3-18(4-6-21)19-9-11-28(12-10-19)22-7-1-17(2-8-22)16-27-25(31)20-13-23(29(32)33)15-24(14-20)30(34)35/h1-8,13-15,19H,9-12,16H2,(H,27,31). The van der Waals surface area contributed by atoms with Crippen molar-refractivity contribution in [1.29, 1.82) is 0 Å². The number of nitro benzene ring substituents is 2. The van der Waals surface area contributed by atoms with Crippen molar-refractivity contribution in [2.24, 2.45) is 0 Å². The van der Waals surface area contributed by atoms with Crippen LogP contribution in [0.4, 0.5) is 17.1 Å². The molecule has 1 aliphatic heterocycles. The van der Waals surface area contributed by atoms with Crippen LogP contribution in [0.25, 0.3) is 0 Å². The number of rotatable bonds is 7. The van der Waals surface area contributed by atoms with Crippen LogP contribution in [0.15, 0.2) is 66.7 Å². The second-order valence-electron chi connectivity index (χ2n) is 8.41. The molecule has 0 spiro atoms. The van der Waals surface area contributed by atoms with Gasteiger partial charge in [0.2, 0.25) is 0 Å². The topological polar surface area (TPSA) is 119 Å². The lowest BCUT2D eigenvalue weighted by molar-refractivity contribution is -0.394. The molecule has 1 aliphatic rings. The summed E-state index contributed by atoms with van der Waals surface area (Å²) in [5.41, 5.74) is 2.12. The molecular weight excluding hydrogens is 472 g/mol. The molecule has 35 heavy (non-hydrogen) atoms. The maximum absolute atomic E-state index is 12.5. The Morgan fingerprint density at radius 1 is 0.914 bits per heavy atom. The van der Waals surface area contributed by atoms with Crippen molar-refractivity contribution >= 4 is 34.6 Å². The fraction of sp³-hybridized carbons (Fsp3) is 0.240. The van der Waals surface area contributed by atoms with Gasteiger partial charge in [-0.2, -0.15) is 0 Å². The van der Waals surface area contributed by atoms with Crippen molar-refractivity contribution in [3.8, 4) is 0 Å². The first kappa shape index (κ1) is 24.2. The van der Waals surface area contributed by atoms with Gasteiger partial charge in [0, 0.05) is 42.5 Å². The van der Waals surface area contributed by atoms with Gasteiger partial charge >= 0.3 is 0 Å². The van der Waals surface area contributed by atoms with E-state index >= 15 is 0 Å². The minimum atomic E-state index is -0.763. The average Bonchev–Trinajstić information content (AvgIpc) is 2.88. The number of piperidine rings is 1. The molecule has 1 N–H and O–H groups in total. The van der Waals surface area contributed by atoms with E-state index in [0.29, 0.717) is 5.92 Å². The van der Waals surface area contributed by atoms with Gasteiger partial charge in [-0.05, 0) is 54.2 Å². The molecule has 3 aromatic rings. The van der Waals surface area contributed by atoms with E-state index in [-0.39, 0.29) is 12.1 Å². The molecule has 10 heteroatoms. The Labute approximate surface area is 206 Å². The van der Waals surface area contributed by atoms with Crippen LogP contribution in [0.2, 0.25) is 5.02 Å². The summed E-state index contributed by atoms with van der Waals surface area (Å²) in [6.45, 7) is 2.07. The van der Waals surface area contributed by atoms with Crippen molar-refractivity contribution in [3.05, 3.63) is 109 Å². The molecule has 0 radical (unpaired) electrons. The third kappa shape index (κ3) is 5.93. The fourth-order valence-electron chi connectivity index (χ4n) is 4.25. The van der Waals surface area contributed by atoms with E-state index < -0.39 is 27.1 Å². The molecule has 1 fully saturated rings. The molecule has 1 heterocycles. The smallest absolute Gasteiger partial charge is 0.277 e. The summed E-state index contributed by atoms with van der Waals surface area (Å²) in [4.78, 5) is 35.4. The van der Waals surface area contributed by atoms with Crippen LogP contribution in [0.5, 0.6) is 0 Å². The van der Waals surface area contributed by atoms with Gasteiger partial charge in [-0.1, -0.05) is 35.9 Å². The Morgan fingerprint density at radius 3 is 2.03 bits per heavy atom. The van der Waals surface area contributed by atoms with Crippen LogP contribution in [0.3, 0.4) is 0 Å². The summed E-state index contributed by atoms with van der Waals surface area (Å²) >= 11 is 5.99. The first-order chi connectivity index (χ1) is 16.8. The lowest BCUT2D eigenvalue weighted by atomic mass is 9.89. The number of nitrogens with zero attached hydrogens (tertiary/aromatic N) is 3. The molecule has 4 rings (SSSR count). The molecular formula is C25H23ClN4O5. The van der Waals surface area contributed by atoms with Gasteiger partial charge < -0.3 is 10.2 Å². The summed E-state index contributed by atoms with van der Waals surface area (Å²) in [5, 5.41) is 25.5. The highest BCUT2D eigenvalue weighted by atomic mass is 35.5. The van der Waals surface area contributed by atoms with E-state index in [1.165, 1.54) is 5.56 Å². The quantitative estimate of drug-likeness (QED) is 0.343.